The number of aromatic amines is 1. The molecule has 186 valence electrons. The number of nitrogens with one attached hydrogen (secondary N) is 1. The topological polar surface area (TPSA) is 126 Å². The van der Waals surface area contributed by atoms with Gasteiger partial charge in [0.15, 0.2) is 5.52 Å². The summed E-state index contributed by atoms with van der Waals surface area (Å²) in [5.74, 6) is 0.860. The Labute approximate surface area is 207 Å². The first-order valence-corrected chi connectivity index (χ1v) is 12.0. The van der Waals surface area contributed by atoms with Crippen LogP contribution >= 0.6 is 0 Å². The first kappa shape index (κ1) is 23.5. The molecule has 0 atom stereocenters. The van der Waals surface area contributed by atoms with Gasteiger partial charge in [0.25, 0.3) is 5.56 Å². The molecule has 1 amide bonds. The van der Waals surface area contributed by atoms with Crippen LogP contribution < -0.4 is 15.2 Å². The second-order valence-electron chi connectivity index (χ2n) is 9.04. The number of nitrogens with zero attached hydrogens (tertiary/aromatic N) is 5. The highest BCUT2D eigenvalue weighted by molar-refractivity contribution is 5.86. The zero-order valence-corrected chi connectivity index (χ0v) is 20.3. The molecule has 10 heteroatoms. The van der Waals surface area contributed by atoms with Crippen molar-refractivity contribution < 1.29 is 14.6 Å². The fourth-order valence-corrected chi connectivity index (χ4v) is 4.91. The van der Waals surface area contributed by atoms with Gasteiger partial charge in [0.1, 0.15) is 17.1 Å². The lowest BCUT2D eigenvalue weighted by atomic mass is 9.95. The summed E-state index contributed by atoms with van der Waals surface area (Å²) in [6.07, 6.45) is 7.54. The van der Waals surface area contributed by atoms with Crippen LogP contribution in [-0.4, -0.2) is 43.0 Å². The molecule has 4 aromatic rings. The number of H-pyrrole nitrogens is 1. The summed E-state index contributed by atoms with van der Waals surface area (Å²) >= 11 is 0. The Morgan fingerprint density at radius 3 is 2.64 bits per heavy atom. The zero-order valence-electron chi connectivity index (χ0n) is 20.3. The van der Waals surface area contributed by atoms with Crippen LogP contribution in [0.3, 0.4) is 0 Å². The van der Waals surface area contributed by atoms with Gasteiger partial charge in [-0.05, 0) is 49.6 Å². The normalized spacial score (nSPS) is 14.2. The lowest BCUT2D eigenvalue weighted by Crippen LogP contribution is -2.28. The highest BCUT2D eigenvalue weighted by Crippen LogP contribution is 2.33. The molecule has 0 saturated heterocycles. The van der Waals surface area contributed by atoms with E-state index in [2.05, 4.69) is 15.1 Å². The van der Waals surface area contributed by atoms with Crippen molar-refractivity contribution in [3.8, 4) is 17.1 Å². The van der Waals surface area contributed by atoms with E-state index in [1.54, 1.807) is 42.7 Å². The smallest absolute Gasteiger partial charge is 0.412 e. The van der Waals surface area contributed by atoms with Gasteiger partial charge in [-0.1, -0.05) is 25.3 Å². The van der Waals surface area contributed by atoms with Crippen molar-refractivity contribution in [1.82, 2.24) is 24.7 Å². The quantitative estimate of drug-likeness (QED) is 0.403. The highest BCUT2D eigenvalue weighted by Gasteiger charge is 2.23. The predicted molar refractivity (Wildman–Crippen MR) is 135 cm³/mol. The average Bonchev–Trinajstić information content (AvgIpc) is 3.24. The van der Waals surface area contributed by atoms with Crippen LogP contribution in [0.5, 0.6) is 5.75 Å². The number of anilines is 1. The highest BCUT2D eigenvalue weighted by atomic mass is 16.5. The van der Waals surface area contributed by atoms with Crippen molar-refractivity contribution in [3.63, 3.8) is 0 Å². The van der Waals surface area contributed by atoms with E-state index >= 15 is 0 Å². The van der Waals surface area contributed by atoms with Gasteiger partial charge in [0, 0.05) is 12.4 Å². The van der Waals surface area contributed by atoms with Gasteiger partial charge < -0.3 is 14.8 Å². The van der Waals surface area contributed by atoms with Crippen molar-refractivity contribution in [2.24, 2.45) is 0 Å². The molecular weight excluding hydrogens is 460 g/mol. The maximum absolute atomic E-state index is 13.2. The van der Waals surface area contributed by atoms with Gasteiger partial charge in [0.05, 0.1) is 36.6 Å². The minimum atomic E-state index is -1.08. The number of rotatable bonds is 6. The number of amides is 1. The Morgan fingerprint density at radius 1 is 1.19 bits per heavy atom. The van der Waals surface area contributed by atoms with Crippen molar-refractivity contribution in [1.29, 1.82) is 0 Å². The molecule has 0 aliphatic heterocycles. The molecule has 1 aliphatic carbocycles. The van der Waals surface area contributed by atoms with E-state index in [1.165, 1.54) is 18.4 Å². The molecule has 3 aromatic heterocycles. The van der Waals surface area contributed by atoms with E-state index in [9.17, 15) is 14.7 Å². The Balaban J connectivity index is 1.51. The SMILES string of the molecule is COc1cc(CN(C(=O)O)c2ccncc2)ccc1-c1nc2c(C)nn(C3CCCCC3)c2c(=O)[nH]1. The molecule has 0 spiro atoms. The van der Waals surface area contributed by atoms with Crippen LogP contribution in [0.25, 0.3) is 22.4 Å². The lowest BCUT2D eigenvalue weighted by Gasteiger charge is -2.22. The van der Waals surface area contributed by atoms with Crippen LogP contribution in [-0.2, 0) is 6.54 Å². The summed E-state index contributed by atoms with van der Waals surface area (Å²) in [6.45, 7) is 1.99. The van der Waals surface area contributed by atoms with E-state index in [0.29, 0.717) is 39.6 Å². The standard InChI is InChI=1S/C26H28N6O4/c1-16-22-23(32(30-16)19-6-4-3-5-7-19)25(33)29-24(28-22)20-9-8-17(14-21(20)36-2)15-31(26(34)35)18-10-12-27-13-11-18/h8-14,19H,3-7,15H2,1-2H3,(H,34,35)(H,28,29,33). The van der Waals surface area contributed by atoms with Gasteiger partial charge >= 0.3 is 6.09 Å². The van der Waals surface area contributed by atoms with Crippen LogP contribution in [0.2, 0.25) is 0 Å². The molecule has 2 N–H and O–H groups in total. The van der Waals surface area contributed by atoms with E-state index in [0.717, 1.165) is 31.2 Å². The van der Waals surface area contributed by atoms with E-state index in [4.69, 9.17) is 9.72 Å². The number of methoxy groups -OCH3 is 1. The Bertz CT molecular complexity index is 1460. The minimum absolute atomic E-state index is 0.117. The van der Waals surface area contributed by atoms with Crippen LogP contribution in [0.1, 0.15) is 49.4 Å². The van der Waals surface area contributed by atoms with Crippen LogP contribution in [0, 0.1) is 6.92 Å². The van der Waals surface area contributed by atoms with E-state index in [-0.39, 0.29) is 18.1 Å². The second kappa shape index (κ2) is 9.80. The van der Waals surface area contributed by atoms with Crippen molar-refractivity contribution >= 4 is 22.8 Å². The summed E-state index contributed by atoms with van der Waals surface area (Å²) in [4.78, 5) is 38.0. The first-order chi connectivity index (χ1) is 17.5. The molecule has 1 aliphatic rings. The van der Waals surface area contributed by atoms with Gasteiger partial charge in [-0.15, -0.1) is 0 Å². The number of hydrogen-bond donors (Lipinski definition) is 2. The van der Waals surface area contributed by atoms with Crippen LogP contribution in [0.15, 0.2) is 47.5 Å². The molecule has 1 saturated carbocycles. The van der Waals surface area contributed by atoms with Gasteiger partial charge in [-0.25, -0.2) is 9.78 Å². The maximum atomic E-state index is 13.2. The monoisotopic (exact) mass is 488 g/mol. The Hall–Kier alpha value is -4.21. The first-order valence-electron chi connectivity index (χ1n) is 12.0. The van der Waals surface area contributed by atoms with Gasteiger partial charge in [-0.2, -0.15) is 5.10 Å². The third-order valence-corrected chi connectivity index (χ3v) is 6.71. The molecular formula is C26H28N6O4. The lowest BCUT2D eigenvalue weighted by molar-refractivity contribution is 0.201. The average molecular weight is 489 g/mol. The Morgan fingerprint density at radius 2 is 1.94 bits per heavy atom. The molecule has 3 heterocycles. The summed E-state index contributed by atoms with van der Waals surface area (Å²) in [6, 6.07) is 8.84. The molecule has 0 unspecified atom stereocenters. The summed E-state index contributed by atoms with van der Waals surface area (Å²) < 4.78 is 7.47. The third kappa shape index (κ3) is 4.41. The number of carboxylic acid groups (broad SMARTS) is 1. The van der Waals surface area contributed by atoms with Gasteiger partial charge in [0.2, 0.25) is 0 Å². The maximum Gasteiger partial charge on any atom is 0.412 e. The Kier molecular flexibility index (Phi) is 6.41. The molecule has 1 aromatic carbocycles. The number of aryl methyl sites for hydroxylation is 1. The summed E-state index contributed by atoms with van der Waals surface area (Å²) in [5, 5.41) is 14.4. The van der Waals surface area contributed by atoms with Crippen LogP contribution in [0.4, 0.5) is 10.5 Å². The largest absolute Gasteiger partial charge is 0.496 e. The van der Waals surface area contributed by atoms with Crippen molar-refractivity contribution in [2.45, 2.75) is 51.6 Å². The fourth-order valence-electron chi connectivity index (χ4n) is 4.91. The third-order valence-electron chi connectivity index (χ3n) is 6.71. The molecule has 0 radical (unpaired) electrons. The minimum Gasteiger partial charge on any atom is -0.496 e. The fraction of sp³-hybridized carbons (Fsp3) is 0.346. The summed E-state index contributed by atoms with van der Waals surface area (Å²) in [5.41, 5.74) is 3.42. The number of ether oxygens (including phenoxy) is 1. The molecule has 1 fully saturated rings. The number of carbonyl (C=O) groups is 1. The second-order valence-corrected chi connectivity index (χ2v) is 9.04. The van der Waals surface area contributed by atoms with Gasteiger partial charge in [-0.3, -0.25) is 19.4 Å². The number of aromatic nitrogens is 5. The molecule has 36 heavy (non-hydrogen) atoms. The number of benzene rings is 1. The number of fused-ring (bicyclic) bond motifs is 1. The molecule has 5 rings (SSSR count). The molecule has 10 nitrogen and oxygen atoms in total. The van der Waals surface area contributed by atoms with E-state index in [1.807, 2.05) is 11.6 Å². The summed E-state index contributed by atoms with van der Waals surface area (Å²) in [7, 11) is 1.53. The van der Waals surface area contributed by atoms with Crippen molar-refractivity contribution in [3.05, 3.63) is 64.3 Å². The zero-order chi connectivity index (χ0) is 25.2. The predicted octanol–water partition coefficient (Wildman–Crippen LogP) is 4.69. The number of hydrogen-bond acceptors (Lipinski definition) is 6. The molecule has 0 bridgehead atoms. The van der Waals surface area contributed by atoms with E-state index < -0.39 is 6.09 Å². The number of pyridine rings is 1. The van der Waals surface area contributed by atoms with Crippen molar-refractivity contribution in [2.75, 3.05) is 12.0 Å².